The fourth-order valence-electron chi connectivity index (χ4n) is 3.73. The molecule has 4 nitrogen and oxygen atoms in total. The molecule has 0 amide bonds. The summed E-state index contributed by atoms with van der Waals surface area (Å²) in [5.74, 6) is 1.58. The third kappa shape index (κ3) is 6.35. The van der Waals surface area contributed by atoms with Crippen molar-refractivity contribution in [2.24, 2.45) is 10.9 Å². The highest BCUT2D eigenvalue weighted by Gasteiger charge is 2.17. The summed E-state index contributed by atoms with van der Waals surface area (Å²) in [4.78, 5) is 7.29. The molecule has 0 saturated carbocycles. The van der Waals surface area contributed by atoms with Crippen LogP contribution < -0.4 is 10.6 Å². The Kier molecular flexibility index (Phi) is 8.83. The lowest BCUT2D eigenvalue weighted by atomic mass is 9.99. The SMILES string of the molecule is CCNC(=NCC1CCCN(C)C1)NC(C)c1ccc2ccccc2c1.I. The summed E-state index contributed by atoms with van der Waals surface area (Å²) in [6.07, 6.45) is 2.57. The predicted octanol–water partition coefficient (Wildman–Crippen LogP) is 4.42. The standard InChI is InChI=1S/C22H32N4.HI/c1-4-23-22(24-15-18-8-7-13-26(3)16-18)25-17(2)20-12-11-19-9-5-6-10-21(19)14-20;/h5-6,9-12,14,17-18H,4,7-8,13,15-16H2,1-3H3,(H2,23,24,25);1H. The number of guanidine groups is 1. The molecule has 2 atom stereocenters. The van der Waals surface area contributed by atoms with E-state index < -0.39 is 0 Å². The van der Waals surface area contributed by atoms with Crippen molar-refractivity contribution in [3.05, 3.63) is 48.0 Å². The first-order valence-corrected chi connectivity index (χ1v) is 9.87. The van der Waals surface area contributed by atoms with E-state index in [4.69, 9.17) is 4.99 Å². The van der Waals surface area contributed by atoms with Gasteiger partial charge in [0.1, 0.15) is 0 Å². The molecule has 0 aromatic heterocycles. The minimum absolute atomic E-state index is 0. The number of aliphatic imine (C=N–C) groups is 1. The zero-order valence-corrected chi connectivity index (χ0v) is 19.1. The molecule has 5 heteroatoms. The van der Waals surface area contributed by atoms with Crippen LogP contribution in [0.3, 0.4) is 0 Å². The van der Waals surface area contributed by atoms with E-state index in [9.17, 15) is 0 Å². The molecule has 3 rings (SSSR count). The summed E-state index contributed by atoms with van der Waals surface area (Å²) in [7, 11) is 2.21. The molecule has 2 aromatic rings. The van der Waals surface area contributed by atoms with Crippen LogP contribution in [-0.4, -0.2) is 44.1 Å². The van der Waals surface area contributed by atoms with Crippen LogP contribution in [0.4, 0.5) is 0 Å². The smallest absolute Gasteiger partial charge is 0.191 e. The summed E-state index contributed by atoms with van der Waals surface area (Å²) in [6, 6.07) is 15.4. The van der Waals surface area contributed by atoms with Crippen LogP contribution in [0.15, 0.2) is 47.5 Å². The molecule has 2 unspecified atom stereocenters. The Labute approximate surface area is 180 Å². The number of likely N-dealkylation sites (tertiary alicyclic amines) is 1. The molecule has 0 aliphatic carbocycles. The Morgan fingerprint density at radius 2 is 2.00 bits per heavy atom. The molecule has 148 valence electrons. The number of nitrogens with zero attached hydrogens (tertiary/aromatic N) is 2. The number of benzene rings is 2. The van der Waals surface area contributed by atoms with Gasteiger partial charge in [0.2, 0.25) is 0 Å². The van der Waals surface area contributed by atoms with Crippen molar-refractivity contribution in [2.45, 2.75) is 32.7 Å². The van der Waals surface area contributed by atoms with E-state index in [1.807, 2.05) is 0 Å². The fraction of sp³-hybridized carbons (Fsp3) is 0.500. The van der Waals surface area contributed by atoms with Gasteiger partial charge in [-0.3, -0.25) is 4.99 Å². The number of nitrogens with one attached hydrogen (secondary N) is 2. The maximum absolute atomic E-state index is 4.87. The Bertz CT molecular complexity index is 746. The van der Waals surface area contributed by atoms with E-state index in [0.717, 1.165) is 25.6 Å². The quantitative estimate of drug-likeness (QED) is 0.378. The maximum atomic E-state index is 4.87. The van der Waals surface area contributed by atoms with E-state index in [-0.39, 0.29) is 30.0 Å². The van der Waals surface area contributed by atoms with Crippen molar-refractivity contribution in [3.63, 3.8) is 0 Å². The van der Waals surface area contributed by atoms with E-state index in [1.165, 1.54) is 35.7 Å². The first kappa shape index (κ1) is 22.0. The van der Waals surface area contributed by atoms with E-state index in [1.54, 1.807) is 0 Å². The van der Waals surface area contributed by atoms with Crippen LogP contribution in [0.2, 0.25) is 0 Å². The number of hydrogen-bond acceptors (Lipinski definition) is 2. The van der Waals surface area contributed by atoms with Gasteiger partial charge in [-0.05, 0) is 68.6 Å². The highest BCUT2D eigenvalue weighted by atomic mass is 127. The summed E-state index contributed by atoms with van der Waals surface area (Å²) in [6.45, 7) is 8.46. The summed E-state index contributed by atoms with van der Waals surface area (Å²) in [5, 5.41) is 9.54. The number of hydrogen-bond donors (Lipinski definition) is 2. The summed E-state index contributed by atoms with van der Waals surface area (Å²) in [5.41, 5.74) is 1.28. The zero-order chi connectivity index (χ0) is 18.4. The van der Waals surface area contributed by atoms with Crippen LogP contribution in [0, 0.1) is 5.92 Å². The van der Waals surface area contributed by atoms with Gasteiger partial charge in [-0.15, -0.1) is 24.0 Å². The molecule has 2 N–H and O–H groups in total. The molecular weight excluding hydrogens is 447 g/mol. The van der Waals surface area contributed by atoms with E-state index in [2.05, 4.69) is 78.9 Å². The topological polar surface area (TPSA) is 39.7 Å². The molecule has 1 heterocycles. The summed E-state index contributed by atoms with van der Waals surface area (Å²) < 4.78 is 0. The van der Waals surface area contributed by atoms with Gasteiger partial charge in [0.05, 0.1) is 6.04 Å². The Morgan fingerprint density at radius 3 is 2.74 bits per heavy atom. The van der Waals surface area contributed by atoms with Crippen LogP contribution in [0.1, 0.15) is 38.3 Å². The normalized spacial score (nSPS) is 19.4. The van der Waals surface area contributed by atoms with Crippen molar-refractivity contribution in [1.29, 1.82) is 0 Å². The van der Waals surface area contributed by atoms with Gasteiger partial charge in [-0.25, -0.2) is 0 Å². The van der Waals surface area contributed by atoms with Gasteiger partial charge in [0.15, 0.2) is 5.96 Å². The molecule has 1 aliphatic rings. The maximum Gasteiger partial charge on any atom is 0.191 e. The molecular formula is C22H33IN4. The number of piperidine rings is 1. The van der Waals surface area contributed by atoms with Gasteiger partial charge in [-0.2, -0.15) is 0 Å². The highest BCUT2D eigenvalue weighted by Crippen LogP contribution is 2.20. The lowest BCUT2D eigenvalue weighted by Gasteiger charge is -2.29. The minimum Gasteiger partial charge on any atom is -0.357 e. The Hall–Kier alpha value is -1.34. The fourth-order valence-corrected chi connectivity index (χ4v) is 3.73. The summed E-state index contributed by atoms with van der Waals surface area (Å²) >= 11 is 0. The lowest BCUT2D eigenvalue weighted by molar-refractivity contribution is 0.214. The average Bonchev–Trinajstić information content (AvgIpc) is 2.66. The van der Waals surface area contributed by atoms with E-state index >= 15 is 0 Å². The van der Waals surface area contributed by atoms with Crippen molar-refractivity contribution < 1.29 is 0 Å². The van der Waals surface area contributed by atoms with Gasteiger partial charge in [-0.1, -0.05) is 36.4 Å². The third-order valence-corrected chi connectivity index (χ3v) is 5.20. The first-order chi connectivity index (χ1) is 12.7. The van der Waals surface area contributed by atoms with Crippen LogP contribution in [0.5, 0.6) is 0 Å². The predicted molar refractivity (Wildman–Crippen MR) is 127 cm³/mol. The van der Waals surface area contributed by atoms with E-state index in [0.29, 0.717) is 5.92 Å². The zero-order valence-electron chi connectivity index (χ0n) is 16.7. The molecule has 0 spiro atoms. The average molecular weight is 480 g/mol. The van der Waals surface area contributed by atoms with Crippen molar-refractivity contribution in [2.75, 3.05) is 33.2 Å². The molecule has 2 aromatic carbocycles. The molecule has 1 fully saturated rings. The Balaban J connectivity index is 0.00000261. The molecule has 1 aliphatic heterocycles. The molecule has 1 saturated heterocycles. The second-order valence-electron chi connectivity index (χ2n) is 7.46. The number of rotatable bonds is 5. The third-order valence-electron chi connectivity index (χ3n) is 5.20. The number of halogens is 1. The van der Waals surface area contributed by atoms with Crippen molar-refractivity contribution >= 4 is 40.7 Å². The molecule has 0 radical (unpaired) electrons. The highest BCUT2D eigenvalue weighted by molar-refractivity contribution is 14.0. The molecule has 0 bridgehead atoms. The van der Waals surface area contributed by atoms with Crippen LogP contribution in [0.25, 0.3) is 10.8 Å². The van der Waals surface area contributed by atoms with Gasteiger partial charge >= 0.3 is 0 Å². The first-order valence-electron chi connectivity index (χ1n) is 9.87. The minimum atomic E-state index is 0. The van der Waals surface area contributed by atoms with Crippen molar-refractivity contribution in [1.82, 2.24) is 15.5 Å². The van der Waals surface area contributed by atoms with Gasteiger partial charge < -0.3 is 15.5 Å². The number of fused-ring (bicyclic) bond motifs is 1. The van der Waals surface area contributed by atoms with Crippen molar-refractivity contribution in [3.8, 4) is 0 Å². The van der Waals surface area contributed by atoms with Crippen LogP contribution in [-0.2, 0) is 0 Å². The van der Waals surface area contributed by atoms with Gasteiger partial charge in [0.25, 0.3) is 0 Å². The molecule has 27 heavy (non-hydrogen) atoms. The largest absolute Gasteiger partial charge is 0.357 e. The lowest BCUT2D eigenvalue weighted by Crippen LogP contribution is -2.40. The second kappa shape index (κ2) is 10.9. The second-order valence-corrected chi connectivity index (χ2v) is 7.46. The monoisotopic (exact) mass is 480 g/mol. The van der Waals surface area contributed by atoms with Crippen LogP contribution >= 0.6 is 24.0 Å². The Morgan fingerprint density at radius 1 is 1.22 bits per heavy atom. The van der Waals surface area contributed by atoms with Gasteiger partial charge in [0, 0.05) is 19.6 Å².